The molecular formula is C17H11BrN4O. The van der Waals surface area contributed by atoms with Gasteiger partial charge in [-0.15, -0.1) is 0 Å². The predicted molar refractivity (Wildman–Crippen MR) is 89.7 cm³/mol. The Labute approximate surface area is 140 Å². The number of halogens is 1. The minimum absolute atomic E-state index is 0.319. The van der Waals surface area contributed by atoms with E-state index in [1.165, 1.54) is 0 Å². The zero-order chi connectivity index (χ0) is 16.0. The molecular weight excluding hydrogens is 356 g/mol. The van der Waals surface area contributed by atoms with Crippen LogP contribution in [-0.4, -0.2) is 15.5 Å². The molecule has 0 bridgehead atoms. The van der Waals surface area contributed by atoms with Crippen LogP contribution in [0.25, 0.3) is 11.0 Å². The molecule has 4 rings (SSSR count). The monoisotopic (exact) mass is 366 g/mol. The molecule has 1 amide bonds. The van der Waals surface area contributed by atoms with Crippen LogP contribution in [-0.2, 0) is 4.79 Å². The molecule has 0 fully saturated rings. The van der Waals surface area contributed by atoms with Crippen LogP contribution in [0.5, 0.6) is 0 Å². The second kappa shape index (κ2) is 5.21. The van der Waals surface area contributed by atoms with E-state index >= 15 is 0 Å². The van der Waals surface area contributed by atoms with Crippen molar-refractivity contribution in [3.05, 3.63) is 58.6 Å². The van der Waals surface area contributed by atoms with Gasteiger partial charge in [0.05, 0.1) is 23.1 Å². The number of nitrogens with zero attached hydrogens (tertiary/aromatic N) is 3. The number of para-hydroxylation sites is 2. The number of hydrogen-bond acceptors (Lipinski definition) is 3. The summed E-state index contributed by atoms with van der Waals surface area (Å²) < 4.78 is 2.84. The van der Waals surface area contributed by atoms with Gasteiger partial charge in [-0.1, -0.05) is 40.2 Å². The summed E-state index contributed by atoms with van der Waals surface area (Å²) in [6.07, 6.45) is 0. The SMILES string of the molecule is N#C[C@@H]1C(=O)Nc2nc3ccccc3n2[C@@H]1c1cccc(Br)c1. The highest BCUT2D eigenvalue weighted by atomic mass is 79.9. The Kier molecular flexibility index (Phi) is 3.17. The zero-order valence-electron chi connectivity index (χ0n) is 11.9. The first-order valence-electron chi connectivity index (χ1n) is 7.12. The average Bonchev–Trinajstić information content (AvgIpc) is 2.91. The molecule has 1 aliphatic rings. The van der Waals surface area contributed by atoms with Gasteiger partial charge in [0.2, 0.25) is 11.9 Å². The Bertz CT molecular complexity index is 972. The van der Waals surface area contributed by atoms with Gasteiger partial charge in [-0.3, -0.25) is 10.1 Å². The summed E-state index contributed by atoms with van der Waals surface area (Å²) in [5, 5.41) is 12.3. The van der Waals surface area contributed by atoms with Gasteiger partial charge in [-0.05, 0) is 29.8 Å². The van der Waals surface area contributed by atoms with Gasteiger partial charge in [0, 0.05) is 4.47 Å². The van der Waals surface area contributed by atoms with Crippen LogP contribution in [0.4, 0.5) is 5.95 Å². The summed E-state index contributed by atoms with van der Waals surface area (Å²) in [4.78, 5) is 16.8. The minimum Gasteiger partial charge on any atom is -0.300 e. The summed E-state index contributed by atoms with van der Waals surface area (Å²) in [5.41, 5.74) is 2.58. The average molecular weight is 367 g/mol. The van der Waals surface area contributed by atoms with Gasteiger partial charge in [-0.2, -0.15) is 5.26 Å². The van der Waals surface area contributed by atoms with Crippen molar-refractivity contribution >= 4 is 38.8 Å². The van der Waals surface area contributed by atoms with E-state index in [-0.39, 0.29) is 5.91 Å². The van der Waals surface area contributed by atoms with Crippen LogP contribution in [0.15, 0.2) is 53.0 Å². The van der Waals surface area contributed by atoms with Gasteiger partial charge < -0.3 is 4.57 Å². The van der Waals surface area contributed by atoms with Crippen LogP contribution >= 0.6 is 15.9 Å². The molecule has 0 aliphatic carbocycles. The standard InChI is InChI=1S/C17H11BrN4O/c18-11-5-3-4-10(8-11)15-12(9-19)16(23)21-17-20-13-6-1-2-7-14(13)22(15)17/h1-8,12,15H,(H,20,21,23)/t12-,15+/m0/s1. The van der Waals surface area contributed by atoms with Crippen LogP contribution < -0.4 is 5.32 Å². The molecule has 2 aromatic carbocycles. The lowest BCUT2D eigenvalue weighted by atomic mass is 9.91. The summed E-state index contributed by atoms with van der Waals surface area (Å²) in [5.74, 6) is -0.651. The van der Waals surface area contributed by atoms with E-state index < -0.39 is 12.0 Å². The lowest BCUT2D eigenvalue weighted by molar-refractivity contribution is -0.119. The molecule has 0 radical (unpaired) electrons. The summed E-state index contributed by atoms with van der Waals surface area (Å²) in [6.45, 7) is 0. The summed E-state index contributed by atoms with van der Waals surface area (Å²) >= 11 is 3.46. The van der Waals surface area contributed by atoms with Gasteiger partial charge in [0.15, 0.2) is 5.92 Å². The first-order chi connectivity index (χ1) is 11.2. The quantitative estimate of drug-likeness (QED) is 0.716. The van der Waals surface area contributed by atoms with E-state index in [4.69, 9.17) is 0 Å². The van der Waals surface area contributed by atoms with E-state index in [0.29, 0.717) is 5.95 Å². The van der Waals surface area contributed by atoms with Crippen LogP contribution in [0.2, 0.25) is 0 Å². The molecule has 2 atom stereocenters. The Morgan fingerprint density at radius 1 is 1.22 bits per heavy atom. The number of nitriles is 1. The number of anilines is 1. The fourth-order valence-electron chi connectivity index (χ4n) is 3.06. The maximum Gasteiger partial charge on any atom is 0.246 e. The molecule has 3 aromatic rings. The smallest absolute Gasteiger partial charge is 0.246 e. The summed E-state index contributed by atoms with van der Waals surface area (Å²) in [6, 6.07) is 17.1. The predicted octanol–water partition coefficient (Wildman–Crippen LogP) is 3.48. The van der Waals surface area contributed by atoms with Gasteiger partial charge in [0.1, 0.15) is 0 Å². The maximum atomic E-state index is 12.3. The van der Waals surface area contributed by atoms with Crippen molar-refractivity contribution in [3.63, 3.8) is 0 Å². The van der Waals surface area contributed by atoms with E-state index in [2.05, 4.69) is 32.3 Å². The van der Waals surface area contributed by atoms with Gasteiger partial charge in [-0.25, -0.2) is 4.98 Å². The Morgan fingerprint density at radius 2 is 2.04 bits per heavy atom. The number of fused-ring (bicyclic) bond motifs is 3. The van der Waals surface area contributed by atoms with Crippen molar-refractivity contribution in [1.82, 2.24) is 9.55 Å². The molecule has 1 aromatic heterocycles. The Balaban J connectivity index is 2.02. The summed E-state index contributed by atoms with van der Waals surface area (Å²) in [7, 11) is 0. The molecule has 1 N–H and O–H groups in total. The molecule has 0 unspecified atom stereocenters. The first kappa shape index (κ1) is 14.0. The number of aromatic nitrogens is 2. The molecule has 112 valence electrons. The van der Waals surface area contributed by atoms with Crippen molar-refractivity contribution in [2.24, 2.45) is 5.92 Å². The highest BCUT2D eigenvalue weighted by Gasteiger charge is 2.38. The van der Waals surface area contributed by atoms with Crippen molar-refractivity contribution < 1.29 is 4.79 Å². The second-order valence-electron chi connectivity index (χ2n) is 5.39. The Hall–Kier alpha value is -2.65. The van der Waals surface area contributed by atoms with Crippen molar-refractivity contribution in [1.29, 1.82) is 5.26 Å². The first-order valence-corrected chi connectivity index (χ1v) is 7.91. The Morgan fingerprint density at radius 3 is 2.83 bits per heavy atom. The third kappa shape index (κ3) is 2.13. The van der Waals surface area contributed by atoms with Gasteiger partial charge in [0.25, 0.3) is 0 Å². The third-order valence-electron chi connectivity index (χ3n) is 4.04. The van der Waals surface area contributed by atoms with Crippen LogP contribution in [0, 0.1) is 17.2 Å². The highest BCUT2D eigenvalue weighted by molar-refractivity contribution is 9.10. The number of carbonyl (C=O) groups excluding carboxylic acids is 1. The van der Waals surface area contributed by atoms with Crippen LogP contribution in [0.3, 0.4) is 0 Å². The number of carbonyl (C=O) groups is 1. The van der Waals surface area contributed by atoms with E-state index in [1.54, 1.807) is 0 Å². The van der Waals surface area contributed by atoms with Crippen molar-refractivity contribution in [2.75, 3.05) is 5.32 Å². The van der Waals surface area contributed by atoms with Crippen molar-refractivity contribution in [3.8, 4) is 6.07 Å². The normalized spacial score (nSPS) is 19.9. The number of benzene rings is 2. The molecule has 2 heterocycles. The molecule has 6 heteroatoms. The van der Waals surface area contributed by atoms with Crippen molar-refractivity contribution in [2.45, 2.75) is 6.04 Å². The number of imidazole rings is 1. The van der Waals surface area contributed by atoms with Gasteiger partial charge >= 0.3 is 0 Å². The molecule has 0 saturated heterocycles. The fourth-order valence-corrected chi connectivity index (χ4v) is 3.47. The molecule has 5 nitrogen and oxygen atoms in total. The lowest BCUT2D eigenvalue weighted by Crippen LogP contribution is -2.37. The van der Waals surface area contributed by atoms with Crippen LogP contribution in [0.1, 0.15) is 11.6 Å². The van der Waals surface area contributed by atoms with E-state index in [1.807, 2.05) is 53.1 Å². The topological polar surface area (TPSA) is 70.7 Å². The van der Waals surface area contributed by atoms with E-state index in [9.17, 15) is 10.1 Å². The third-order valence-corrected chi connectivity index (χ3v) is 4.53. The maximum absolute atomic E-state index is 12.3. The van der Waals surface area contributed by atoms with E-state index in [0.717, 1.165) is 21.1 Å². The molecule has 23 heavy (non-hydrogen) atoms. The number of rotatable bonds is 1. The number of nitrogens with one attached hydrogen (secondary N) is 1. The molecule has 0 spiro atoms. The molecule has 1 aliphatic heterocycles. The highest BCUT2D eigenvalue weighted by Crippen LogP contribution is 2.38. The minimum atomic E-state index is -0.811. The molecule has 0 saturated carbocycles. The zero-order valence-corrected chi connectivity index (χ0v) is 13.5. The second-order valence-corrected chi connectivity index (χ2v) is 6.31. The number of amides is 1. The largest absolute Gasteiger partial charge is 0.300 e. The lowest BCUT2D eigenvalue weighted by Gasteiger charge is -2.30. The fraction of sp³-hybridized carbons (Fsp3) is 0.118. The number of hydrogen-bond donors (Lipinski definition) is 1.